The molecule has 0 N–H and O–H groups in total. The maximum Gasteiger partial charge on any atom is 0.278 e. The topological polar surface area (TPSA) is 29.4 Å². The molecule has 0 aliphatic carbocycles. The molecule has 2 aromatic carbocycles. The van der Waals surface area contributed by atoms with E-state index in [1.165, 1.54) is 5.56 Å². The van der Waals surface area contributed by atoms with Crippen molar-refractivity contribution in [3.05, 3.63) is 70.8 Å². The van der Waals surface area contributed by atoms with Crippen LogP contribution < -0.4 is 0 Å². The second-order valence-electron chi connectivity index (χ2n) is 4.18. The van der Waals surface area contributed by atoms with E-state index < -0.39 is 0 Å². The molecule has 17 heavy (non-hydrogen) atoms. The Hall–Kier alpha value is -2.22. The van der Waals surface area contributed by atoms with Crippen molar-refractivity contribution in [1.82, 2.24) is 0 Å². The summed E-state index contributed by atoms with van der Waals surface area (Å²) in [6, 6.07) is 15.6. The first-order chi connectivity index (χ1) is 8.25. The van der Waals surface area contributed by atoms with Gasteiger partial charge in [-0.2, -0.15) is 0 Å². The van der Waals surface area contributed by atoms with Gasteiger partial charge >= 0.3 is 0 Å². The number of aryl methyl sites for hydroxylation is 1. The number of carbonyl (C=O) groups is 1. The summed E-state index contributed by atoms with van der Waals surface area (Å²) in [4.78, 5) is 15.9. The fraction of sp³-hybridized carbons (Fsp3) is 0.0667. The lowest BCUT2D eigenvalue weighted by Gasteiger charge is -2.03. The van der Waals surface area contributed by atoms with Crippen LogP contribution >= 0.6 is 0 Å². The van der Waals surface area contributed by atoms with Gasteiger partial charge in [0.2, 0.25) is 0 Å². The lowest BCUT2D eigenvalue weighted by molar-refractivity contribution is 0.101. The van der Waals surface area contributed by atoms with Crippen molar-refractivity contribution in [2.75, 3.05) is 0 Å². The van der Waals surface area contributed by atoms with Crippen LogP contribution in [0.5, 0.6) is 0 Å². The fourth-order valence-electron chi connectivity index (χ4n) is 2.03. The first-order valence-corrected chi connectivity index (χ1v) is 5.55. The van der Waals surface area contributed by atoms with Gasteiger partial charge in [0.25, 0.3) is 5.91 Å². The Labute approximate surface area is 99.6 Å². The number of hydrogen-bond acceptors (Lipinski definition) is 1. The van der Waals surface area contributed by atoms with Gasteiger partial charge < -0.3 is 0 Å². The zero-order valence-corrected chi connectivity index (χ0v) is 9.47. The van der Waals surface area contributed by atoms with Gasteiger partial charge in [0.1, 0.15) is 0 Å². The van der Waals surface area contributed by atoms with Crippen molar-refractivity contribution in [3.8, 4) is 0 Å². The normalized spacial score (nSPS) is 13.5. The summed E-state index contributed by atoms with van der Waals surface area (Å²) in [5.41, 5.74) is 4.61. The smallest absolute Gasteiger partial charge is 0.267 e. The van der Waals surface area contributed by atoms with Crippen LogP contribution in [0, 0.1) is 6.92 Å². The van der Waals surface area contributed by atoms with Crippen LogP contribution in [0.1, 0.15) is 27.0 Å². The molecule has 0 saturated heterocycles. The third kappa shape index (κ3) is 1.58. The highest BCUT2D eigenvalue weighted by molar-refractivity contribution is 6.27. The predicted octanol–water partition coefficient (Wildman–Crippen LogP) is 2.99. The van der Waals surface area contributed by atoms with E-state index in [1.54, 1.807) is 0 Å². The zero-order chi connectivity index (χ0) is 11.8. The van der Waals surface area contributed by atoms with Crippen molar-refractivity contribution in [2.24, 2.45) is 4.99 Å². The van der Waals surface area contributed by atoms with Crippen LogP contribution in [0.15, 0.2) is 53.5 Å². The molecule has 2 heteroatoms. The molecule has 0 saturated carbocycles. The summed E-state index contributed by atoms with van der Waals surface area (Å²) in [7, 11) is 0. The Bertz CT molecular complexity index is 624. The quantitative estimate of drug-likeness (QED) is 0.727. The minimum Gasteiger partial charge on any atom is -0.267 e. The Balaban J connectivity index is 2.15. The van der Waals surface area contributed by atoms with E-state index in [0.29, 0.717) is 5.56 Å². The van der Waals surface area contributed by atoms with Crippen molar-refractivity contribution < 1.29 is 4.79 Å². The summed E-state index contributed by atoms with van der Waals surface area (Å²) < 4.78 is 0. The second kappa shape index (κ2) is 3.67. The number of carbonyl (C=O) groups excluding carboxylic acids is 1. The highest BCUT2D eigenvalue weighted by Crippen LogP contribution is 2.22. The summed E-state index contributed by atoms with van der Waals surface area (Å²) in [6.45, 7) is 2.04. The minimum atomic E-state index is -0.142. The molecule has 0 atom stereocenters. The maximum absolute atomic E-state index is 11.7. The monoisotopic (exact) mass is 221 g/mol. The highest BCUT2D eigenvalue weighted by Gasteiger charge is 2.23. The van der Waals surface area contributed by atoms with E-state index in [0.717, 1.165) is 16.8 Å². The van der Waals surface area contributed by atoms with Crippen LogP contribution in [-0.2, 0) is 0 Å². The van der Waals surface area contributed by atoms with E-state index in [4.69, 9.17) is 0 Å². The Morgan fingerprint density at radius 3 is 2.24 bits per heavy atom. The van der Waals surface area contributed by atoms with Crippen molar-refractivity contribution in [3.63, 3.8) is 0 Å². The Morgan fingerprint density at radius 1 is 0.882 bits per heavy atom. The van der Waals surface area contributed by atoms with Gasteiger partial charge in [0.05, 0.1) is 11.3 Å². The number of hydrogen-bond donors (Lipinski definition) is 0. The largest absolute Gasteiger partial charge is 0.278 e. The van der Waals surface area contributed by atoms with Gasteiger partial charge in [0, 0.05) is 11.1 Å². The number of aliphatic imine (C=N–C) groups is 1. The molecule has 0 unspecified atom stereocenters. The average molecular weight is 221 g/mol. The van der Waals surface area contributed by atoms with Crippen LogP contribution in [0.3, 0.4) is 0 Å². The van der Waals surface area contributed by atoms with Gasteiger partial charge in [0.15, 0.2) is 0 Å². The van der Waals surface area contributed by atoms with Gasteiger partial charge in [-0.25, -0.2) is 4.99 Å². The van der Waals surface area contributed by atoms with E-state index in [2.05, 4.69) is 4.99 Å². The molecule has 1 aliphatic heterocycles. The molecule has 0 fully saturated rings. The molecule has 0 bridgehead atoms. The zero-order valence-electron chi connectivity index (χ0n) is 9.47. The number of amides is 1. The summed E-state index contributed by atoms with van der Waals surface area (Å²) in [5, 5.41) is 0. The molecule has 0 spiro atoms. The average Bonchev–Trinajstić information content (AvgIpc) is 2.69. The van der Waals surface area contributed by atoms with Crippen LogP contribution in [0.25, 0.3) is 0 Å². The Kier molecular flexibility index (Phi) is 2.15. The molecule has 0 radical (unpaired) electrons. The third-order valence-corrected chi connectivity index (χ3v) is 2.95. The lowest BCUT2D eigenvalue weighted by atomic mass is 9.99. The molecule has 0 aromatic heterocycles. The van der Waals surface area contributed by atoms with E-state index in [1.807, 2.05) is 55.5 Å². The van der Waals surface area contributed by atoms with E-state index in [9.17, 15) is 4.79 Å². The maximum atomic E-state index is 11.7. The van der Waals surface area contributed by atoms with Crippen LogP contribution in [0.4, 0.5) is 0 Å². The Morgan fingerprint density at radius 2 is 1.53 bits per heavy atom. The van der Waals surface area contributed by atoms with Gasteiger partial charge in [-0.3, -0.25) is 4.79 Å². The number of nitrogens with zero attached hydrogens (tertiary/aromatic N) is 1. The number of rotatable bonds is 1. The molecule has 3 rings (SSSR count). The first kappa shape index (κ1) is 9.97. The molecule has 82 valence electrons. The van der Waals surface area contributed by atoms with Crippen molar-refractivity contribution in [1.29, 1.82) is 0 Å². The lowest BCUT2D eigenvalue weighted by Crippen LogP contribution is -2.00. The number of benzene rings is 2. The third-order valence-electron chi connectivity index (χ3n) is 2.95. The SMILES string of the molecule is Cc1ccc(C2=NC(=O)c3ccccc32)cc1. The standard InChI is InChI=1S/C15H11NO/c1-10-6-8-11(9-7-10)14-12-4-2-3-5-13(12)15(17)16-14/h2-9H,1H3. The van der Waals surface area contributed by atoms with E-state index >= 15 is 0 Å². The van der Waals surface area contributed by atoms with Crippen molar-refractivity contribution >= 4 is 11.6 Å². The predicted molar refractivity (Wildman–Crippen MR) is 67.6 cm³/mol. The summed E-state index contributed by atoms with van der Waals surface area (Å²) in [6.07, 6.45) is 0. The molecule has 1 heterocycles. The van der Waals surface area contributed by atoms with Crippen LogP contribution in [-0.4, -0.2) is 11.6 Å². The van der Waals surface area contributed by atoms with Gasteiger partial charge in [-0.05, 0) is 13.0 Å². The number of fused-ring (bicyclic) bond motifs is 1. The summed E-state index contributed by atoms with van der Waals surface area (Å²) in [5.74, 6) is -0.142. The molecular weight excluding hydrogens is 210 g/mol. The van der Waals surface area contributed by atoms with Crippen molar-refractivity contribution in [2.45, 2.75) is 6.92 Å². The molecule has 1 amide bonds. The fourth-order valence-corrected chi connectivity index (χ4v) is 2.03. The van der Waals surface area contributed by atoms with Crippen LogP contribution in [0.2, 0.25) is 0 Å². The summed E-state index contributed by atoms with van der Waals surface area (Å²) >= 11 is 0. The van der Waals surface area contributed by atoms with Gasteiger partial charge in [-0.15, -0.1) is 0 Å². The minimum absolute atomic E-state index is 0.142. The molecule has 2 nitrogen and oxygen atoms in total. The second-order valence-corrected chi connectivity index (χ2v) is 4.18. The first-order valence-electron chi connectivity index (χ1n) is 5.55. The molecule has 2 aromatic rings. The highest BCUT2D eigenvalue weighted by atomic mass is 16.1. The molecule has 1 aliphatic rings. The van der Waals surface area contributed by atoms with Gasteiger partial charge in [-0.1, -0.05) is 48.0 Å². The molecular formula is C15H11NO. The van der Waals surface area contributed by atoms with E-state index in [-0.39, 0.29) is 5.91 Å².